The van der Waals surface area contributed by atoms with Crippen LogP contribution in [-0.4, -0.2) is 15.2 Å². The maximum Gasteiger partial charge on any atom is 0.249 e. The van der Waals surface area contributed by atoms with Crippen LogP contribution in [0.5, 0.6) is 0 Å². The second-order valence-electron chi connectivity index (χ2n) is 4.40. The monoisotopic (exact) mass is 359 g/mol. The highest BCUT2D eigenvalue weighted by molar-refractivity contribution is 9.10. The Labute approximate surface area is 134 Å². The number of nitrogens with one attached hydrogen (secondary N) is 2. The fourth-order valence-electron chi connectivity index (χ4n) is 1.78. The van der Waals surface area contributed by atoms with Crippen LogP contribution in [0.2, 0.25) is 0 Å². The summed E-state index contributed by atoms with van der Waals surface area (Å²) in [4.78, 5) is 4.25. The van der Waals surface area contributed by atoms with Crippen molar-refractivity contribution in [1.29, 1.82) is 0 Å². The van der Waals surface area contributed by atoms with E-state index >= 15 is 0 Å². The Hall–Kier alpha value is -2.54. The van der Waals surface area contributed by atoms with E-state index in [1.807, 2.05) is 24.3 Å². The zero-order chi connectivity index (χ0) is 15.4. The van der Waals surface area contributed by atoms with E-state index in [4.69, 9.17) is 0 Å². The molecule has 0 spiro atoms. The van der Waals surface area contributed by atoms with Crippen LogP contribution in [0, 0.1) is 5.82 Å². The van der Waals surface area contributed by atoms with Gasteiger partial charge in [0.05, 0.1) is 11.9 Å². The summed E-state index contributed by atoms with van der Waals surface area (Å²) in [5.41, 5.74) is 1.16. The molecule has 1 heterocycles. The number of hydrogen-bond donors (Lipinski definition) is 2. The minimum absolute atomic E-state index is 0.215. The molecular formula is C15H11BrFN5. The standard InChI is InChI=1S/C15H11BrFN5/c16-10-5-7-11(8-6-10)19-14-9-18-22-15(21-14)20-13-4-2-1-3-12(13)17/h1-9H,(H2,19,20,21,22). The summed E-state index contributed by atoms with van der Waals surface area (Å²) in [5.74, 6) is 0.348. The van der Waals surface area contributed by atoms with Gasteiger partial charge in [0.15, 0.2) is 5.82 Å². The first kappa shape index (κ1) is 14.4. The van der Waals surface area contributed by atoms with E-state index in [2.05, 4.69) is 41.7 Å². The van der Waals surface area contributed by atoms with Gasteiger partial charge in [0, 0.05) is 10.2 Å². The van der Waals surface area contributed by atoms with E-state index in [1.54, 1.807) is 18.2 Å². The Morgan fingerprint density at radius 1 is 0.955 bits per heavy atom. The van der Waals surface area contributed by atoms with Gasteiger partial charge in [-0.05, 0) is 36.4 Å². The van der Waals surface area contributed by atoms with Gasteiger partial charge in [-0.3, -0.25) is 0 Å². The Bertz CT molecular complexity index is 779. The fraction of sp³-hybridized carbons (Fsp3) is 0. The third kappa shape index (κ3) is 3.56. The number of halogens is 2. The number of benzene rings is 2. The molecule has 3 rings (SSSR count). The van der Waals surface area contributed by atoms with Crippen molar-refractivity contribution >= 4 is 39.1 Å². The summed E-state index contributed by atoms with van der Waals surface area (Å²) < 4.78 is 14.6. The second-order valence-corrected chi connectivity index (χ2v) is 5.32. The molecule has 3 aromatic rings. The molecule has 0 amide bonds. The molecule has 22 heavy (non-hydrogen) atoms. The number of anilines is 4. The first-order chi connectivity index (χ1) is 10.7. The van der Waals surface area contributed by atoms with E-state index in [9.17, 15) is 4.39 Å². The van der Waals surface area contributed by atoms with Gasteiger partial charge in [0.2, 0.25) is 5.95 Å². The largest absolute Gasteiger partial charge is 0.339 e. The molecule has 1 aromatic heterocycles. The van der Waals surface area contributed by atoms with Gasteiger partial charge >= 0.3 is 0 Å². The molecule has 2 aromatic carbocycles. The molecule has 0 atom stereocenters. The average molecular weight is 360 g/mol. The number of nitrogens with zero attached hydrogens (tertiary/aromatic N) is 3. The van der Waals surface area contributed by atoms with Crippen LogP contribution >= 0.6 is 15.9 Å². The Balaban J connectivity index is 1.78. The molecule has 0 fully saturated rings. The van der Waals surface area contributed by atoms with Gasteiger partial charge in [-0.2, -0.15) is 10.1 Å². The highest BCUT2D eigenvalue weighted by Crippen LogP contribution is 2.20. The molecular weight excluding hydrogens is 349 g/mol. The Kier molecular flexibility index (Phi) is 4.24. The molecule has 5 nitrogen and oxygen atoms in total. The zero-order valence-corrected chi connectivity index (χ0v) is 12.9. The smallest absolute Gasteiger partial charge is 0.249 e. The van der Waals surface area contributed by atoms with Gasteiger partial charge in [0.1, 0.15) is 5.82 Å². The molecule has 0 unspecified atom stereocenters. The molecule has 0 bridgehead atoms. The maximum absolute atomic E-state index is 13.6. The highest BCUT2D eigenvalue weighted by Gasteiger charge is 2.05. The van der Waals surface area contributed by atoms with Crippen LogP contribution in [0.4, 0.5) is 27.5 Å². The van der Waals surface area contributed by atoms with E-state index in [0.29, 0.717) is 11.5 Å². The minimum atomic E-state index is -0.377. The third-order valence-corrected chi connectivity index (χ3v) is 3.32. The summed E-state index contributed by atoms with van der Waals surface area (Å²) in [6, 6.07) is 13.9. The van der Waals surface area contributed by atoms with Gasteiger partial charge in [0.25, 0.3) is 0 Å². The summed E-state index contributed by atoms with van der Waals surface area (Å²) >= 11 is 3.38. The molecule has 0 aliphatic carbocycles. The molecule has 2 N–H and O–H groups in total. The number of aromatic nitrogens is 3. The third-order valence-electron chi connectivity index (χ3n) is 2.80. The quantitative estimate of drug-likeness (QED) is 0.728. The average Bonchev–Trinajstić information content (AvgIpc) is 2.52. The van der Waals surface area contributed by atoms with E-state index < -0.39 is 0 Å². The van der Waals surface area contributed by atoms with E-state index in [-0.39, 0.29) is 11.8 Å². The van der Waals surface area contributed by atoms with Crippen molar-refractivity contribution in [3.05, 3.63) is 65.0 Å². The SMILES string of the molecule is Fc1ccccc1Nc1nncc(Nc2ccc(Br)cc2)n1. The van der Waals surface area contributed by atoms with Gasteiger partial charge in [-0.15, -0.1) is 5.10 Å². The normalized spacial score (nSPS) is 10.3. The molecule has 0 aliphatic rings. The van der Waals surface area contributed by atoms with Crippen LogP contribution in [0.1, 0.15) is 0 Å². The summed E-state index contributed by atoms with van der Waals surface area (Å²) in [6.07, 6.45) is 1.49. The predicted octanol–water partition coefficient (Wildman–Crippen LogP) is 4.26. The molecule has 0 saturated heterocycles. The lowest BCUT2D eigenvalue weighted by atomic mass is 10.3. The Morgan fingerprint density at radius 2 is 1.73 bits per heavy atom. The number of hydrogen-bond acceptors (Lipinski definition) is 5. The lowest BCUT2D eigenvalue weighted by Gasteiger charge is -2.08. The van der Waals surface area contributed by atoms with E-state index in [0.717, 1.165) is 10.2 Å². The van der Waals surface area contributed by atoms with Crippen LogP contribution in [0.15, 0.2) is 59.2 Å². The molecule has 110 valence electrons. The van der Waals surface area contributed by atoms with E-state index in [1.165, 1.54) is 12.3 Å². The molecule has 0 aliphatic heterocycles. The minimum Gasteiger partial charge on any atom is -0.339 e. The van der Waals surface area contributed by atoms with Crippen molar-refractivity contribution in [2.24, 2.45) is 0 Å². The van der Waals surface area contributed by atoms with Gasteiger partial charge < -0.3 is 10.6 Å². The van der Waals surface area contributed by atoms with Crippen molar-refractivity contribution in [2.75, 3.05) is 10.6 Å². The summed E-state index contributed by atoms with van der Waals surface area (Å²) in [6.45, 7) is 0. The topological polar surface area (TPSA) is 62.7 Å². The predicted molar refractivity (Wildman–Crippen MR) is 86.9 cm³/mol. The Morgan fingerprint density at radius 3 is 2.50 bits per heavy atom. The van der Waals surface area contributed by atoms with Crippen molar-refractivity contribution < 1.29 is 4.39 Å². The van der Waals surface area contributed by atoms with Gasteiger partial charge in [-0.25, -0.2) is 4.39 Å². The maximum atomic E-state index is 13.6. The highest BCUT2D eigenvalue weighted by atomic mass is 79.9. The van der Waals surface area contributed by atoms with Gasteiger partial charge in [-0.1, -0.05) is 28.1 Å². The first-order valence-corrected chi connectivity index (χ1v) is 7.24. The summed E-state index contributed by atoms with van der Waals surface area (Å²) in [5, 5.41) is 13.6. The van der Waals surface area contributed by atoms with Crippen LogP contribution < -0.4 is 10.6 Å². The number of rotatable bonds is 4. The molecule has 7 heteroatoms. The first-order valence-electron chi connectivity index (χ1n) is 6.44. The van der Waals surface area contributed by atoms with Crippen LogP contribution in [-0.2, 0) is 0 Å². The lowest BCUT2D eigenvalue weighted by Crippen LogP contribution is -2.03. The fourth-order valence-corrected chi connectivity index (χ4v) is 2.05. The van der Waals surface area contributed by atoms with Crippen LogP contribution in [0.3, 0.4) is 0 Å². The summed E-state index contributed by atoms with van der Waals surface area (Å²) in [7, 11) is 0. The lowest BCUT2D eigenvalue weighted by molar-refractivity contribution is 0.631. The molecule has 0 saturated carbocycles. The van der Waals surface area contributed by atoms with Crippen molar-refractivity contribution in [3.8, 4) is 0 Å². The van der Waals surface area contributed by atoms with Crippen molar-refractivity contribution in [1.82, 2.24) is 15.2 Å². The number of para-hydroxylation sites is 1. The molecule has 0 radical (unpaired) electrons. The van der Waals surface area contributed by atoms with Crippen molar-refractivity contribution in [3.63, 3.8) is 0 Å². The zero-order valence-electron chi connectivity index (χ0n) is 11.3. The van der Waals surface area contributed by atoms with Crippen molar-refractivity contribution in [2.45, 2.75) is 0 Å². The second kappa shape index (κ2) is 6.48. The van der Waals surface area contributed by atoms with Crippen LogP contribution in [0.25, 0.3) is 0 Å².